The van der Waals surface area contributed by atoms with Gasteiger partial charge < -0.3 is 0 Å². The van der Waals surface area contributed by atoms with Crippen molar-refractivity contribution in [1.82, 2.24) is 0 Å². The van der Waals surface area contributed by atoms with E-state index < -0.39 is 0 Å². The molecule has 0 fully saturated rings. The Bertz CT molecular complexity index is 263. The highest BCUT2D eigenvalue weighted by Crippen LogP contribution is 2.10. The molecule has 1 aliphatic rings. The van der Waals surface area contributed by atoms with Crippen LogP contribution in [0.2, 0.25) is 0 Å². The molecule has 1 heterocycles. The predicted molar refractivity (Wildman–Crippen MR) is 49.4 cm³/mol. The molecule has 0 aromatic rings. The van der Waals surface area contributed by atoms with Gasteiger partial charge in [0.2, 0.25) is 0 Å². The summed E-state index contributed by atoms with van der Waals surface area (Å²) in [5.41, 5.74) is 2.38. The Morgan fingerprint density at radius 1 is 1.45 bits per heavy atom. The highest BCUT2D eigenvalue weighted by Gasteiger charge is 2.04. The fourth-order valence-electron chi connectivity index (χ4n) is 0.965. The highest BCUT2D eigenvalue weighted by molar-refractivity contribution is 6.09. The fraction of sp³-hybridized carbons (Fsp3) is 0.333. The molecular weight excluding hydrogens is 136 g/mol. The number of dihydropyridines is 1. The van der Waals surface area contributed by atoms with E-state index in [1.54, 1.807) is 13.3 Å². The second kappa shape index (κ2) is 3.28. The summed E-state index contributed by atoms with van der Waals surface area (Å²) in [6.07, 6.45) is 5.72. The lowest BCUT2D eigenvalue weighted by molar-refractivity contribution is 1.31. The van der Waals surface area contributed by atoms with Crippen LogP contribution in [0.5, 0.6) is 0 Å². The van der Waals surface area contributed by atoms with Gasteiger partial charge in [0, 0.05) is 18.8 Å². The first kappa shape index (κ1) is 7.92. The summed E-state index contributed by atoms with van der Waals surface area (Å²) in [6.45, 7) is 4.12. The van der Waals surface area contributed by atoms with Crippen molar-refractivity contribution in [1.29, 1.82) is 0 Å². The second-order valence-corrected chi connectivity index (χ2v) is 2.60. The Morgan fingerprint density at radius 2 is 2.18 bits per heavy atom. The minimum atomic E-state index is 0.826. The molecular formula is C9H12N2. The second-order valence-electron chi connectivity index (χ2n) is 2.60. The van der Waals surface area contributed by atoms with E-state index in [4.69, 9.17) is 0 Å². The van der Waals surface area contributed by atoms with Gasteiger partial charge in [-0.25, -0.2) is 4.99 Å². The van der Waals surface area contributed by atoms with Crippen molar-refractivity contribution >= 4 is 12.1 Å². The lowest BCUT2D eigenvalue weighted by atomic mass is 10.1. The topological polar surface area (TPSA) is 24.7 Å². The van der Waals surface area contributed by atoms with Crippen LogP contribution in [0.1, 0.15) is 13.8 Å². The van der Waals surface area contributed by atoms with Gasteiger partial charge in [0.15, 0.2) is 5.84 Å². The molecule has 58 valence electrons. The number of nitrogens with zero attached hydrogens (tertiary/aromatic N) is 2. The first-order valence-corrected chi connectivity index (χ1v) is 3.61. The number of hydrogen-bond donors (Lipinski definition) is 0. The van der Waals surface area contributed by atoms with Crippen LogP contribution in [-0.4, -0.2) is 19.1 Å². The van der Waals surface area contributed by atoms with Crippen LogP contribution in [0.15, 0.2) is 33.3 Å². The third kappa shape index (κ3) is 1.64. The van der Waals surface area contributed by atoms with E-state index in [1.807, 2.05) is 12.2 Å². The molecule has 2 nitrogen and oxygen atoms in total. The van der Waals surface area contributed by atoms with Crippen molar-refractivity contribution in [2.24, 2.45) is 9.98 Å². The fourth-order valence-corrected chi connectivity index (χ4v) is 0.965. The standard InChI is InChI=1S/C9H12N2/c1-7(2)8-5-4-6-11-9(8)10-3/h4-6H,1-3H3. The van der Waals surface area contributed by atoms with Crippen LogP contribution < -0.4 is 0 Å². The number of rotatable bonds is 0. The minimum Gasteiger partial charge on any atom is -0.270 e. The summed E-state index contributed by atoms with van der Waals surface area (Å²) in [5, 5.41) is 0. The summed E-state index contributed by atoms with van der Waals surface area (Å²) in [4.78, 5) is 8.19. The molecule has 11 heavy (non-hydrogen) atoms. The van der Waals surface area contributed by atoms with Crippen LogP contribution >= 0.6 is 0 Å². The van der Waals surface area contributed by atoms with E-state index in [2.05, 4.69) is 23.8 Å². The van der Waals surface area contributed by atoms with E-state index in [9.17, 15) is 0 Å². The molecule has 0 saturated carbocycles. The van der Waals surface area contributed by atoms with E-state index in [0.29, 0.717) is 0 Å². The van der Waals surface area contributed by atoms with E-state index in [0.717, 1.165) is 11.4 Å². The molecule has 0 amide bonds. The Hall–Kier alpha value is -1.18. The summed E-state index contributed by atoms with van der Waals surface area (Å²) >= 11 is 0. The molecule has 0 atom stereocenters. The first-order valence-electron chi connectivity index (χ1n) is 3.61. The molecule has 0 saturated heterocycles. The van der Waals surface area contributed by atoms with Gasteiger partial charge in [0.1, 0.15) is 0 Å². The highest BCUT2D eigenvalue weighted by atomic mass is 14.9. The van der Waals surface area contributed by atoms with Crippen molar-refractivity contribution in [2.45, 2.75) is 13.8 Å². The van der Waals surface area contributed by atoms with E-state index in [-0.39, 0.29) is 0 Å². The average Bonchev–Trinajstić information content (AvgIpc) is 2.04. The van der Waals surface area contributed by atoms with E-state index in [1.165, 1.54) is 5.57 Å². The summed E-state index contributed by atoms with van der Waals surface area (Å²) in [6, 6.07) is 0. The van der Waals surface area contributed by atoms with Gasteiger partial charge in [0.05, 0.1) is 0 Å². The quantitative estimate of drug-likeness (QED) is 0.502. The number of allylic oxidation sites excluding steroid dienone is 2. The van der Waals surface area contributed by atoms with Crippen molar-refractivity contribution < 1.29 is 0 Å². The van der Waals surface area contributed by atoms with E-state index >= 15 is 0 Å². The van der Waals surface area contributed by atoms with Crippen LogP contribution in [0.25, 0.3) is 0 Å². The number of amidine groups is 1. The maximum absolute atomic E-state index is 4.13. The Kier molecular flexibility index (Phi) is 2.36. The minimum absolute atomic E-state index is 0.826. The molecule has 0 unspecified atom stereocenters. The summed E-state index contributed by atoms with van der Waals surface area (Å²) in [5.74, 6) is 0.826. The molecule has 0 aliphatic carbocycles. The number of aliphatic imine (C=N–C) groups is 2. The predicted octanol–water partition coefficient (Wildman–Crippen LogP) is 1.99. The molecule has 0 aromatic carbocycles. The normalized spacial score (nSPS) is 19.5. The molecule has 0 radical (unpaired) electrons. The van der Waals surface area contributed by atoms with Gasteiger partial charge >= 0.3 is 0 Å². The van der Waals surface area contributed by atoms with Crippen molar-refractivity contribution in [3.63, 3.8) is 0 Å². The Labute approximate surface area is 67.1 Å². The van der Waals surface area contributed by atoms with Gasteiger partial charge in [-0.2, -0.15) is 0 Å². The molecule has 0 aromatic heterocycles. The maximum Gasteiger partial charge on any atom is 0.154 e. The summed E-state index contributed by atoms with van der Waals surface area (Å²) < 4.78 is 0. The van der Waals surface area contributed by atoms with Crippen LogP contribution in [0, 0.1) is 0 Å². The maximum atomic E-state index is 4.13. The lowest BCUT2D eigenvalue weighted by Gasteiger charge is -2.06. The van der Waals surface area contributed by atoms with Crippen molar-refractivity contribution in [3.8, 4) is 0 Å². The monoisotopic (exact) mass is 148 g/mol. The SMILES string of the molecule is CN=C1N=CC=CC1=C(C)C. The Balaban J connectivity index is 3.08. The van der Waals surface area contributed by atoms with Gasteiger partial charge in [0.25, 0.3) is 0 Å². The van der Waals surface area contributed by atoms with Gasteiger partial charge in [-0.15, -0.1) is 0 Å². The average molecular weight is 148 g/mol. The third-order valence-corrected chi connectivity index (χ3v) is 1.54. The molecule has 1 rings (SSSR count). The van der Waals surface area contributed by atoms with Crippen LogP contribution in [-0.2, 0) is 0 Å². The Morgan fingerprint density at radius 3 is 2.64 bits per heavy atom. The van der Waals surface area contributed by atoms with Crippen LogP contribution in [0.3, 0.4) is 0 Å². The zero-order chi connectivity index (χ0) is 8.27. The lowest BCUT2D eigenvalue weighted by Crippen LogP contribution is -2.02. The molecule has 1 aliphatic heterocycles. The van der Waals surface area contributed by atoms with Crippen molar-refractivity contribution in [2.75, 3.05) is 7.05 Å². The van der Waals surface area contributed by atoms with Crippen molar-refractivity contribution in [3.05, 3.63) is 23.3 Å². The zero-order valence-electron chi connectivity index (χ0n) is 7.13. The third-order valence-electron chi connectivity index (χ3n) is 1.54. The largest absolute Gasteiger partial charge is 0.270 e. The summed E-state index contributed by atoms with van der Waals surface area (Å²) in [7, 11) is 1.76. The van der Waals surface area contributed by atoms with Gasteiger partial charge in [-0.3, -0.25) is 4.99 Å². The molecule has 0 bridgehead atoms. The van der Waals surface area contributed by atoms with Crippen LogP contribution in [0.4, 0.5) is 0 Å². The zero-order valence-corrected chi connectivity index (χ0v) is 7.13. The van der Waals surface area contributed by atoms with Gasteiger partial charge in [-0.1, -0.05) is 5.57 Å². The van der Waals surface area contributed by atoms with Gasteiger partial charge in [-0.05, 0) is 26.0 Å². The molecule has 0 spiro atoms. The number of hydrogen-bond acceptors (Lipinski definition) is 1. The smallest absolute Gasteiger partial charge is 0.154 e. The first-order chi connectivity index (χ1) is 5.25. The molecule has 0 N–H and O–H groups in total. The molecule has 2 heteroatoms.